The monoisotopic (exact) mass is 355 g/mol. The summed E-state index contributed by atoms with van der Waals surface area (Å²) < 4.78 is 31.5. The van der Waals surface area contributed by atoms with Gasteiger partial charge in [-0.2, -0.15) is 0 Å². The van der Waals surface area contributed by atoms with Crippen molar-refractivity contribution in [1.82, 2.24) is 9.62 Å². The Bertz CT molecular complexity index is 690. The predicted octanol–water partition coefficient (Wildman–Crippen LogP) is 1.65. The van der Waals surface area contributed by atoms with Crippen LogP contribution in [0.2, 0.25) is 0 Å². The molecule has 0 aliphatic carbocycles. The summed E-state index contributed by atoms with van der Waals surface area (Å²) in [5, 5.41) is 0. The van der Waals surface area contributed by atoms with Crippen molar-refractivity contribution in [3.8, 4) is 0 Å². The fraction of sp³-hybridized carbons (Fsp3) is 0.562. The Kier molecular flexibility index (Phi) is 5.39. The van der Waals surface area contributed by atoms with Gasteiger partial charge in [-0.3, -0.25) is 0 Å². The highest BCUT2D eigenvalue weighted by Crippen LogP contribution is 2.21. The highest BCUT2D eigenvalue weighted by Gasteiger charge is 2.26. The van der Waals surface area contributed by atoms with Crippen LogP contribution >= 0.6 is 0 Å². The maximum Gasteiger partial charge on any atom is 0.410 e. The molecule has 1 heterocycles. The molecule has 1 saturated heterocycles. The van der Waals surface area contributed by atoms with Crippen molar-refractivity contribution in [2.75, 3.05) is 38.1 Å². The van der Waals surface area contributed by atoms with Crippen LogP contribution in [0.5, 0.6) is 0 Å². The van der Waals surface area contributed by atoms with Gasteiger partial charge in [0.15, 0.2) is 0 Å². The van der Waals surface area contributed by atoms with Gasteiger partial charge in [0.1, 0.15) is 5.60 Å². The Morgan fingerprint density at radius 3 is 2.33 bits per heavy atom. The van der Waals surface area contributed by atoms with Gasteiger partial charge >= 0.3 is 6.09 Å². The van der Waals surface area contributed by atoms with E-state index in [0.29, 0.717) is 26.2 Å². The molecule has 24 heavy (non-hydrogen) atoms. The fourth-order valence-electron chi connectivity index (χ4n) is 2.44. The van der Waals surface area contributed by atoms with Crippen molar-refractivity contribution < 1.29 is 17.9 Å². The number of rotatable bonds is 3. The highest BCUT2D eigenvalue weighted by atomic mass is 32.2. The second-order valence-electron chi connectivity index (χ2n) is 6.66. The summed E-state index contributed by atoms with van der Waals surface area (Å²) >= 11 is 0. The summed E-state index contributed by atoms with van der Waals surface area (Å²) in [5.74, 6) is 0. The molecule has 7 nitrogen and oxygen atoms in total. The van der Waals surface area contributed by atoms with Crippen LogP contribution in [-0.2, 0) is 14.8 Å². The third-order valence-corrected chi connectivity index (χ3v) is 5.11. The van der Waals surface area contributed by atoms with E-state index in [9.17, 15) is 13.2 Å². The van der Waals surface area contributed by atoms with Crippen LogP contribution in [0.4, 0.5) is 10.5 Å². The Labute approximate surface area is 143 Å². The average Bonchev–Trinajstić information content (AvgIpc) is 2.53. The molecule has 1 N–H and O–H groups in total. The Hall–Kier alpha value is -1.80. The first-order valence-electron chi connectivity index (χ1n) is 7.89. The largest absolute Gasteiger partial charge is 0.444 e. The Balaban J connectivity index is 2.03. The van der Waals surface area contributed by atoms with Crippen molar-refractivity contribution in [3.63, 3.8) is 0 Å². The molecule has 8 heteroatoms. The van der Waals surface area contributed by atoms with Gasteiger partial charge in [-0.15, -0.1) is 0 Å². The molecule has 134 valence electrons. The van der Waals surface area contributed by atoms with Crippen LogP contribution in [-0.4, -0.2) is 58.2 Å². The molecule has 1 aliphatic rings. The molecule has 0 spiro atoms. The van der Waals surface area contributed by atoms with E-state index in [2.05, 4.69) is 9.62 Å². The van der Waals surface area contributed by atoms with Crippen LogP contribution in [0.15, 0.2) is 29.2 Å². The zero-order chi connectivity index (χ0) is 18.0. The van der Waals surface area contributed by atoms with Crippen molar-refractivity contribution in [3.05, 3.63) is 24.3 Å². The van der Waals surface area contributed by atoms with E-state index in [-0.39, 0.29) is 11.0 Å². The topological polar surface area (TPSA) is 79.0 Å². The fourth-order valence-corrected chi connectivity index (χ4v) is 3.21. The Morgan fingerprint density at radius 2 is 1.79 bits per heavy atom. The minimum atomic E-state index is -3.47. The number of ether oxygens (including phenoxy) is 1. The van der Waals surface area contributed by atoms with E-state index in [0.717, 1.165) is 5.69 Å². The van der Waals surface area contributed by atoms with Gasteiger partial charge in [-0.05, 0) is 46.0 Å². The molecule has 0 saturated carbocycles. The number of carbonyl (C=O) groups excluding carboxylic acids is 1. The first kappa shape index (κ1) is 18.5. The third-order valence-electron chi connectivity index (χ3n) is 3.69. The van der Waals surface area contributed by atoms with E-state index in [4.69, 9.17) is 4.74 Å². The van der Waals surface area contributed by atoms with Gasteiger partial charge in [-0.25, -0.2) is 17.9 Å². The predicted molar refractivity (Wildman–Crippen MR) is 92.7 cm³/mol. The number of benzene rings is 1. The van der Waals surface area contributed by atoms with Crippen molar-refractivity contribution >= 4 is 21.8 Å². The maximum atomic E-state index is 12.1. The lowest BCUT2D eigenvalue weighted by atomic mass is 10.2. The molecule has 2 rings (SSSR count). The summed E-state index contributed by atoms with van der Waals surface area (Å²) in [4.78, 5) is 16.1. The molecule has 1 aliphatic heterocycles. The standard InChI is InChI=1S/C16H25N3O4S/c1-16(2,3)23-15(20)19-10-8-18(9-11-19)13-6-5-7-14(12-13)24(21,22)17-4/h5-7,12,17H,8-11H2,1-4H3. The number of amides is 1. The molecule has 1 aromatic carbocycles. The summed E-state index contributed by atoms with van der Waals surface area (Å²) in [6.45, 7) is 7.86. The summed E-state index contributed by atoms with van der Waals surface area (Å²) in [6, 6.07) is 6.80. The number of nitrogens with one attached hydrogen (secondary N) is 1. The normalized spacial score (nSPS) is 16.2. The van der Waals surface area contributed by atoms with E-state index in [1.807, 2.05) is 26.8 Å². The lowest BCUT2D eigenvalue weighted by Crippen LogP contribution is -2.50. The zero-order valence-electron chi connectivity index (χ0n) is 14.6. The number of hydrogen-bond donors (Lipinski definition) is 1. The van der Waals surface area contributed by atoms with Crippen molar-refractivity contribution in [2.24, 2.45) is 0 Å². The second-order valence-corrected chi connectivity index (χ2v) is 8.55. The van der Waals surface area contributed by atoms with Crippen LogP contribution in [0.25, 0.3) is 0 Å². The number of anilines is 1. The second kappa shape index (κ2) is 6.98. The van der Waals surface area contributed by atoms with Crippen LogP contribution in [0.1, 0.15) is 20.8 Å². The van der Waals surface area contributed by atoms with E-state index < -0.39 is 15.6 Å². The summed E-state index contributed by atoms with van der Waals surface area (Å²) in [5.41, 5.74) is 0.319. The van der Waals surface area contributed by atoms with Gasteiger partial charge in [0.2, 0.25) is 10.0 Å². The Morgan fingerprint density at radius 1 is 1.17 bits per heavy atom. The van der Waals surface area contributed by atoms with Gasteiger partial charge in [-0.1, -0.05) is 6.07 Å². The quantitative estimate of drug-likeness (QED) is 0.892. The number of piperazine rings is 1. The van der Waals surface area contributed by atoms with Crippen LogP contribution in [0, 0.1) is 0 Å². The smallest absolute Gasteiger partial charge is 0.410 e. The molecule has 0 unspecified atom stereocenters. The molecular weight excluding hydrogens is 330 g/mol. The molecule has 0 bridgehead atoms. The molecule has 0 atom stereocenters. The van der Waals surface area contributed by atoms with E-state index in [1.165, 1.54) is 7.05 Å². The van der Waals surface area contributed by atoms with Gasteiger partial charge in [0.25, 0.3) is 0 Å². The van der Waals surface area contributed by atoms with Crippen LogP contribution < -0.4 is 9.62 Å². The van der Waals surface area contributed by atoms with Gasteiger partial charge < -0.3 is 14.5 Å². The minimum absolute atomic E-state index is 0.233. The molecule has 0 radical (unpaired) electrons. The SMILES string of the molecule is CNS(=O)(=O)c1cccc(N2CCN(C(=O)OC(C)(C)C)CC2)c1. The van der Waals surface area contributed by atoms with E-state index in [1.54, 1.807) is 23.1 Å². The minimum Gasteiger partial charge on any atom is -0.444 e. The maximum absolute atomic E-state index is 12.1. The summed E-state index contributed by atoms with van der Waals surface area (Å²) in [7, 11) is -2.07. The average molecular weight is 355 g/mol. The molecular formula is C16H25N3O4S. The zero-order valence-corrected chi connectivity index (χ0v) is 15.4. The number of carbonyl (C=O) groups is 1. The molecule has 1 amide bonds. The lowest BCUT2D eigenvalue weighted by molar-refractivity contribution is 0.0240. The van der Waals surface area contributed by atoms with E-state index >= 15 is 0 Å². The van der Waals surface area contributed by atoms with Gasteiger partial charge in [0, 0.05) is 31.9 Å². The van der Waals surface area contributed by atoms with Crippen molar-refractivity contribution in [2.45, 2.75) is 31.3 Å². The number of sulfonamides is 1. The number of nitrogens with zero attached hydrogens (tertiary/aromatic N) is 2. The van der Waals surface area contributed by atoms with Crippen molar-refractivity contribution in [1.29, 1.82) is 0 Å². The van der Waals surface area contributed by atoms with Gasteiger partial charge in [0.05, 0.1) is 4.90 Å². The molecule has 0 aromatic heterocycles. The lowest BCUT2D eigenvalue weighted by Gasteiger charge is -2.36. The molecule has 1 aromatic rings. The highest BCUT2D eigenvalue weighted by molar-refractivity contribution is 7.89. The summed E-state index contributed by atoms with van der Waals surface area (Å²) in [6.07, 6.45) is -0.311. The first-order chi connectivity index (χ1) is 11.1. The number of hydrogen-bond acceptors (Lipinski definition) is 5. The first-order valence-corrected chi connectivity index (χ1v) is 9.37. The third kappa shape index (κ3) is 4.61. The molecule has 1 fully saturated rings. The van der Waals surface area contributed by atoms with Crippen LogP contribution in [0.3, 0.4) is 0 Å².